The molecule has 1 unspecified atom stereocenters. The van der Waals surface area contributed by atoms with Gasteiger partial charge in [-0.25, -0.2) is 0 Å². The molecule has 2 aromatic rings. The normalized spacial score (nSPS) is 12.3. The summed E-state index contributed by atoms with van der Waals surface area (Å²) in [6.07, 6.45) is 0.488. The summed E-state index contributed by atoms with van der Waals surface area (Å²) in [5.74, 6) is 0.935. The number of aliphatic hydroxyl groups is 1. The number of aliphatic hydroxyl groups excluding tert-OH is 1. The van der Waals surface area contributed by atoms with E-state index in [1.54, 1.807) is 0 Å². The number of rotatable bonds is 12. The Labute approximate surface area is 173 Å². The molecule has 0 aliphatic rings. The molecule has 0 spiro atoms. The average molecular weight is 427 g/mol. The van der Waals surface area contributed by atoms with Crippen molar-refractivity contribution < 1.29 is 9.90 Å². The molecule has 27 heavy (non-hydrogen) atoms. The molecule has 0 fully saturated rings. The third kappa shape index (κ3) is 9.07. The molecular formula is C18H26N4O2S3. The standard InChI is InChI=1S/C18H26N4O2S3/c1-3-9-19-16(24)13-26-18-21-20-17(27-18)25-12-15(23)11-22(2)10-14-7-5-4-6-8-14/h4-8,15,23H,3,9-13H2,1-2H3,(H,19,24). The molecule has 0 saturated heterocycles. The molecular weight excluding hydrogens is 400 g/mol. The van der Waals surface area contributed by atoms with E-state index in [2.05, 4.69) is 32.5 Å². The minimum absolute atomic E-state index is 0.0168. The van der Waals surface area contributed by atoms with Gasteiger partial charge in [0.15, 0.2) is 8.68 Å². The van der Waals surface area contributed by atoms with Crippen LogP contribution in [0.15, 0.2) is 39.0 Å². The maximum absolute atomic E-state index is 11.6. The minimum Gasteiger partial charge on any atom is -0.391 e. The van der Waals surface area contributed by atoms with Gasteiger partial charge in [-0.1, -0.05) is 72.1 Å². The summed E-state index contributed by atoms with van der Waals surface area (Å²) in [6, 6.07) is 10.2. The first-order chi connectivity index (χ1) is 13.1. The molecule has 9 heteroatoms. The second-order valence-corrected chi connectivity index (χ2v) is 9.59. The van der Waals surface area contributed by atoms with E-state index in [4.69, 9.17) is 0 Å². The second kappa shape index (κ2) is 12.4. The van der Waals surface area contributed by atoms with Crippen molar-refractivity contribution in [2.75, 3.05) is 31.6 Å². The predicted octanol–water partition coefficient (Wildman–Crippen LogP) is 2.74. The van der Waals surface area contributed by atoms with Crippen LogP contribution < -0.4 is 5.32 Å². The van der Waals surface area contributed by atoms with Crippen molar-refractivity contribution in [1.82, 2.24) is 20.4 Å². The van der Waals surface area contributed by atoms with Crippen LogP contribution in [0.1, 0.15) is 18.9 Å². The van der Waals surface area contributed by atoms with Gasteiger partial charge in [0.2, 0.25) is 5.91 Å². The third-order valence-electron chi connectivity index (χ3n) is 3.50. The first-order valence-electron chi connectivity index (χ1n) is 8.83. The molecule has 6 nitrogen and oxygen atoms in total. The Morgan fingerprint density at radius 1 is 1.26 bits per heavy atom. The van der Waals surface area contributed by atoms with Gasteiger partial charge in [-0.05, 0) is 19.0 Å². The summed E-state index contributed by atoms with van der Waals surface area (Å²) in [5.41, 5.74) is 1.23. The van der Waals surface area contributed by atoms with Gasteiger partial charge in [-0.15, -0.1) is 10.2 Å². The highest BCUT2D eigenvalue weighted by Gasteiger charge is 2.13. The number of hydrogen-bond donors (Lipinski definition) is 2. The van der Waals surface area contributed by atoms with Crippen LogP contribution in [0.5, 0.6) is 0 Å². The monoisotopic (exact) mass is 426 g/mol. The molecule has 148 valence electrons. The van der Waals surface area contributed by atoms with Crippen LogP contribution in [0, 0.1) is 0 Å². The molecule has 0 bridgehead atoms. The van der Waals surface area contributed by atoms with Crippen molar-refractivity contribution in [3.8, 4) is 0 Å². The summed E-state index contributed by atoms with van der Waals surface area (Å²) in [7, 11) is 2.00. The summed E-state index contributed by atoms with van der Waals surface area (Å²) >= 11 is 4.36. The number of nitrogens with one attached hydrogen (secondary N) is 1. The summed E-state index contributed by atoms with van der Waals surface area (Å²) in [4.78, 5) is 13.7. The van der Waals surface area contributed by atoms with Gasteiger partial charge in [0.1, 0.15) is 0 Å². The van der Waals surface area contributed by atoms with E-state index in [0.717, 1.165) is 21.6 Å². The van der Waals surface area contributed by atoms with Crippen molar-refractivity contribution in [3.05, 3.63) is 35.9 Å². The number of hydrogen-bond acceptors (Lipinski definition) is 8. The van der Waals surface area contributed by atoms with Crippen LogP contribution in [0.3, 0.4) is 0 Å². The van der Waals surface area contributed by atoms with Crippen LogP contribution in [0.2, 0.25) is 0 Å². The average Bonchev–Trinajstić information content (AvgIpc) is 3.11. The lowest BCUT2D eigenvalue weighted by Gasteiger charge is -2.20. The van der Waals surface area contributed by atoms with E-state index in [1.165, 1.54) is 40.4 Å². The maximum atomic E-state index is 11.6. The molecule has 0 aliphatic heterocycles. The van der Waals surface area contributed by atoms with Gasteiger partial charge < -0.3 is 10.4 Å². The molecule has 0 saturated carbocycles. The zero-order valence-corrected chi connectivity index (χ0v) is 18.1. The van der Waals surface area contributed by atoms with E-state index >= 15 is 0 Å². The molecule has 0 radical (unpaired) electrons. The molecule has 1 amide bonds. The fourth-order valence-electron chi connectivity index (χ4n) is 2.30. The van der Waals surface area contributed by atoms with Gasteiger partial charge in [0.05, 0.1) is 11.9 Å². The number of aromatic nitrogens is 2. The number of nitrogens with zero attached hydrogens (tertiary/aromatic N) is 3. The molecule has 2 rings (SSSR count). The number of carbonyl (C=O) groups is 1. The molecule has 1 heterocycles. The quantitative estimate of drug-likeness (QED) is 0.505. The lowest BCUT2D eigenvalue weighted by atomic mass is 10.2. The van der Waals surface area contributed by atoms with Crippen LogP contribution in [0.25, 0.3) is 0 Å². The molecule has 1 aromatic heterocycles. The zero-order chi connectivity index (χ0) is 19.5. The predicted molar refractivity (Wildman–Crippen MR) is 113 cm³/mol. The van der Waals surface area contributed by atoms with Gasteiger partial charge in [-0.3, -0.25) is 9.69 Å². The van der Waals surface area contributed by atoms with Crippen LogP contribution in [-0.4, -0.2) is 63.9 Å². The summed E-state index contributed by atoms with van der Waals surface area (Å²) < 4.78 is 1.59. The van der Waals surface area contributed by atoms with Crippen molar-refractivity contribution in [1.29, 1.82) is 0 Å². The second-order valence-electron chi connectivity index (χ2n) is 6.12. The number of amides is 1. The minimum atomic E-state index is -0.441. The lowest BCUT2D eigenvalue weighted by molar-refractivity contribution is -0.118. The van der Waals surface area contributed by atoms with Crippen LogP contribution >= 0.6 is 34.9 Å². The molecule has 1 atom stereocenters. The zero-order valence-electron chi connectivity index (χ0n) is 15.6. The van der Waals surface area contributed by atoms with E-state index in [1.807, 2.05) is 32.2 Å². The Bertz CT molecular complexity index is 684. The van der Waals surface area contributed by atoms with Crippen LogP contribution in [0.4, 0.5) is 0 Å². The van der Waals surface area contributed by atoms with Crippen molar-refractivity contribution in [2.24, 2.45) is 0 Å². The first-order valence-corrected chi connectivity index (χ1v) is 11.6. The van der Waals surface area contributed by atoms with Crippen LogP contribution in [-0.2, 0) is 11.3 Å². The fraction of sp³-hybridized carbons (Fsp3) is 0.500. The van der Waals surface area contributed by atoms with Gasteiger partial charge in [0.25, 0.3) is 0 Å². The third-order valence-corrected chi connectivity index (χ3v) is 6.84. The highest BCUT2D eigenvalue weighted by molar-refractivity contribution is 8.03. The Kier molecular flexibility index (Phi) is 10.1. The lowest BCUT2D eigenvalue weighted by Crippen LogP contribution is -2.30. The van der Waals surface area contributed by atoms with Crippen molar-refractivity contribution in [3.63, 3.8) is 0 Å². The van der Waals surface area contributed by atoms with Crippen molar-refractivity contribution in [2.45, 2.75) is 34.7 Å². The van der Waals surface area contributed by atoms with Gasteiger partial charge in [0, 0.05) is 25.4 Å². The Balaban J connectivity index is 1.67. The molecule has 2 N–H and O–H groups in total. The highest BCUT2D eigenvalue weighted by atomic mass is 32.2. The topological polar surface area (TPSA) is 78.3 Å². The number of carbonyl (C=O) groups excluding carboxylic acids is 1. The number of thioether (sulfide) groups is 2. The highest BCUT2D eigenvalue weighted by Crippen LogP contribution is 2.29. The van der Waals surface area contributed by atoms with Crippen molar-refractivity contribution >= 4 is 40.8 Å². The SMILES string of the molecule is CCCNC(=O)CSc1nnc(SCC(O)CN(C)Cc2ccccc2)s1. The van der Waals surface area contributed by atoms with E-state index in [0.29, 0.717) is 24.6 Å². The Morgan fingerprint density at radius 3 is 2.67 bits per heavy atom. The van der Waals surface area contributed by atoms with E-state index < -0.39 is 6.10 Å². The Morgan fingerprint density at radius 2 is 1.96 bits per heavy atom. The molecule has 1 aromatic carbocycles. The van der Waals surface area contributed by atoms with Gasteiger partial charge in [-0.2, -0.15) is 0 Å². The largest absolute Gasteiger partial charge is 0.391 e. The molecule has 0 aliphatic carbocycles. The summed E-state index contributed by atoms with van der Waals surface area (Å²) in [5, 5.41) is 21.3. The number of benzene rings is 1. The van der Waals surface area contributed by atoms with E-state index in [-0.39, 0.29) is 5.91 Å². The number of likely N-dealkylation sites (N-methyl/N-ethyl adjacent to an activating group) is 1. The van der Waals surface area contributed by atoms with Gasteiger partial charge >= 0.3 is 0 Å². The smallest absolute Gasteiger partial charge is 0.230 e. The van der Waals surface area contributed by atoms with E-state index in [9.17, 15) is 9.90 Å². The maximum Gasteiger partial charge on any atom is 0.230 e. The summed E-state index contributed by atoms with van der Waals surface area (Å²) in [6.45, 7) is 4.13. The first kappa shape index (κ1) is 22.2. The Hall–Kier alpha value is -1.13. The fourth-order valence-corrected chi connectivity index (χ4v) is 5.09.